The lowest BCUT2D eigenvalue weighted by molar-refractivity contribution is 0.789. The summed E-state index contributed by atoms with van der Waals surface area (Å²) >= 11 is 29.0. The average molecular weight is 1440 g/mol. The summed E-state index contributed by atoms with van der Waals surface area (Å²) in [6, 6.07) is 61.5. The van der Waals surface area contributed by atoms with Gasteiger partial charge in [0, 0.05) is 116 Å². The van der Waals surface area contributed by atoms with E-state index in [1.165, 1.54) is 12.1 Å². The van der Waals surface area contributed by atoms with Crippen molar-refractivity contribution in [2.24, 2.45) is 0 Å². The molecule has 11 aromatic rings. The Balaban J connectivity index is 0.000000235. The predicted molar refractivity (Wildman–Crippen MR) is 407 cm³/mol. The van der Waals surface area contributed by atoms with Gasteiger partial charge in [0.15, 0.2) is 16.3 Å². The van der Waals surface area contributed by atoms with Crippen LogP contribution >= 0.6 is 62.3 Å². The number of aryl methyl sites for hydroxylation is 4. The van der Waals surface area contributed by atoms with Crippen LogP contribution in [-0.2, 0) is 19.6 Å². The lowest BCUT2D eigenvalue weighted by Crippen LogP contribution is -2.26. The van der Waals surface area contributed by atoms with E-state index in [1.807, 2.05) is 170 Å². The minimum atomic E-state index is -0.102. The zero-order valence-electron chi connectivity index (χ0n) is 51.2. The Morgan fingerprint density at radius 2 is 0.804 bits per heavy atom. The average Bonchev–Trinajstić information content (AvgIpc) is 1.50. The molecule has 0 bridgehead atoms. The van der Waals surface area contributed by atoms with Crippen LogP contribution in [0.3, 0.4) is 0 Å². The molecule has 5 heterocycles. The number of hydrogen-bond donors (Lipinski definition) is 1. The van der Waals surface area contributed by atoms with Crippen LogP contribution in [0.2, 0.25) is 20.1 Å². The van der Waals surface area contributed by atoms with Crippen LogP contribution in [-0.4, -0.2) is 31.8 Å². The van der Waals surface area contributed by atoms with E-state index in [1.54, 1.807) is 61.1 Å². The van der Waals surface area contributed by atoms with Gasteiger partial charge in [-0.3, -0.25) is 19.2 Å². The van der Waals surface area contributed by atoms with Gasteiger partial charge in [-0.1, -0.05) is 185 Å². The molecular weight excluding hydrogens is 1360 g/mol. The molecule has 7 aromatic carbocycles. The molecule has 0 aliphatic carbocycles. The van der Waals surface area contributed by atoms with Crippen LogP contribution in [0.1, 0.15) is 98.2 Å². The number of hydrogen-bond acceptors (Lipinski definition) is 8. The second-order valence-corrected chi connectivity index (χ2v) is 24.6. The van der Waals surface area contributed by atoms with Gasteiger partial charge in [0.1, 0.15) is 5.69 Å². The number of halogens is 5. The summed E-state index contributed by atoms with van der Waals surface area (Å²) in [6.07, 6.45) is 9.30. The minimum absolute atomic E-state index is 0. The fraction of sp³-hybridized carbons (Fsp3) is 0.188. The van der Waals surface area contributed by atoms with Crippen molar-refractivity contribution in [1.29, 1.82) is 15.8 Å². The maximum atomic E-state index is 13.0. The summed E-state index contributed by atoms with van der Waals surface area (Å²) in [5, 5.41) is 30.0. The van der Waals surface area contributed by atoms with Crippen LogP contribution in [0.15, 0.2) is 230 Å². The fourth-order valence-corrected chi connectivity index (χ4v) is 12.0. The monoisotopic (exact) mass is 1430 g/mol. The molecule has 4 aromatic heterocycles. The van der Waals surface area contributed by atoms with E-state index < -0.39 is 0 Å². The van der Waals surface area contributed by atoms with E-state index >= 15 is 0 Å². The smallest absolute Gasteiger partial charge is 0.205 e. The molecule has 0 atom stereocenters. The first-order valence-corrected chi connectivity index (χ1v) is 31.9. The molecule has 12 nitrogen and oxygen atoms in total. The molecule has 1 N–H and O–H groups in total. The Kier molecular flexibility index (Phi) is 29.2. The first kappa shape index (κ1) is 78.0. The number of rotatable bonds is 11. The number of nitrogens with one attached hydrogen (secondary N) is 1. The highest BCUT2D eigenvalue weighted by molar-refractivity contribution is 9.10. The van der Waals surface area contributed by atoms with Crippen molar-refractivity contribution in [2.75, 3.05) is 18.0 Å². The van der Waals surface area contributed by atoms with Crippen molar-refractivity contribution in [3.63, 3.8) is 0 Å². The van der Waals surface area contributed by atoms with Crippen molar-refractivity contribution >= 4 is 68.0 Å². The Morgan fingerprint density at radius 3 is 1.24 bits per heavy atom. The number of nitriles is 3. The molecule has 0 unspecified atom stereocenters. The first-order valence-electron chi connectivity index (χ1n) is 29.6. The molecule has 496 valence electrons. The normalized spacial score (nSPS) is 10.9. The van der Waals surface area contributed by atoms with Gasteiger partial charge >= 0.3 is 0 Å². The van der Waals surface area contributed by atoms with Crippen molar-refractivity contribution in [3.8, 4) is 63.2 Å². The van der Waals surface area contributed by atoms with Gasteiger partial charge in [0.2, 0.25) is 5.43 Å². The van der Waals surface area contributed by atoms with E-state index in [9.17, 15) is 24.4 Å². The third-order valence-corrected chi connectivity index (χ3v) is 18.1. The molecule has 97 heavy (non-hydrogen) atoms. The summed E-state index contributed by atoms with van der Waals surface area (Å²) in [5.74, 6) is 0. The number of anilines is 1. The Hall–Kier alpha value is -9.75. The molecule has 1 fully saturated rings. The molecule has 0 spiro atoms. The zero-order chi connectivity index (χ0) is 66.3. The highest BCUT2D eigenvalue weighted by atomic mass is 79.9. The number of pyridine rings is 4. The summed E-state index contributed by atoms with van der Waals surface area (Å²) in [7, 11) is 0. The molecular formula is C80H77BrCl4N8O4. The largest absolute Gasteiger partial charge is 0.367 e. The number of aromatic nitrogens is 4. The third-order valence-electron chi connectivity index (χ3n) is 15.5. The summed E-state index contributed by atoms with van der Waals surface area (Å²) in [5.41, 5.74) is 15.6. The van der Waals surface area contributed by atoms with Crippen LogP contribution in [0.5, 0.6) is 0 Å². The van der Waals surface area contributed by atoms with Crippen LogP contribution in [0.25, 0.3) is 45.0 Å². The highest BCUT2D eigenvalue weighted by Gasteiger charge is 2.20. The second-order valence-electron chi connectivity index (χ2n) is 22.2. The molecule has 1 aliphatic heterocycles. The van der Waals surface area contributed by atoms with Gasteiger partial charge in [-0.15, -0.1) is 0 Å². The SMILES string of the molecule is C.C.C.C.Cc1cccc(-c2cc(=O)c(Br)cn2Cc2cccc(C#N)c2)c1Cl.Cc1cccc(-c2cc(=O)c(N3CCCC3)cn2Cc2cccc(C#N)c2)c1Cl.Cc1cccc(-c2cc(=O)cc[nH]2)c1Cl.Cc1cccc(-c2cc(=O)ccn2Cc2cccc(C#N)c2)c1Cl. The first-order chi connectivity index (χ1) is 44.8. The van der Waals surface area contributed by atoms with Gasteiger partial charge in [-0.2, -0.15) is 15.8 Å². The van der Waals surface area contributed by atoms with E-state index in [0.717, 1.165) is 116 Å². The molecule has 1 saturated heterocycles. The van der Waals surface area contributed by atoms with E-state index in [-0.39, 0.29) is 51.4 Å². The summed E-state index contributed by atoms with van der Waals surface area (Å²) in [6.45, 7) is 11.2. The predicted octanol–water partition coefficient (Wildman–Crippen LogP) is 20.1. The van der Waals surface area contributed by atoms with Gasteiger partial charge in [0.25, 0.3) is 0 Å². The molecule has 1 aliphatic rings. The van der Waals surface area contributed by atoms with Crippen molar-refractivity contribution in [2.45, 2.75) is 89.9 Å². The third kappa shape index (κ3) is 19.7. The number of aromatic amines is 1. The molecule has 0 radical (unpaired) electrons. The van der Waals surface area contributed by atoms with Gasteiger partial charge < -0.3 is 23.6 Å². The van der Waals surface area contributed by atoms with E-state index in [0.29, 0.717) is 60.9 Å². The molecule has 12 rings (SSSR count). The maximum Gasteiger partial charge on any atom is 0.205 e. The Labute approximate surface area is 597 Å². The van der Waals surface area contributed by atoms with Crippen molar-refractivity contribution in [3.05, 3.63) is 328 Å². The Morgan fingerprint density at radius 1 is 0.433 bits per heavy atom. The maximum absolute atomic E-state index is 13.0. The molecule has 17 heteroatoms. The highest BCUT2D eigenvalue weighted by Crippen LogP contribution is 2.35. The molecule has 0 saturated carbocycles. The van der Waals surface area contributed by atoms with Crippen LogP contribution < -0.4 is 26.6 Å². The number of nitrogens with zero attached hydrogens (tertiary/aromatic N) is 7. The fourth-order valence-electron chi connectivity index (χ4n) is 10.7. The molecule has 0 amide bonds. The van der Waals surface area contributed by atoms with Crippen molar-refractivity contribution < 1.29 is 0 Å². The Bertz CT molecular complexity index is 4970. The number of benzene rings is 7. The van der Waals surface area contributed by atoms with Gasteiger partial charge in [-0.25, -0.2) is 0 Å². The van der Waals surface area contributed by atoms with Crippen molar-refractivity contribution in [1.82, 2.24) is 18.7 Å². The zero-order valence-corrected chi connectivity index (χ0v) is 55.8. The summed E-state index contributed by atoms with van der Waals surface area (Å²) < 4.78 is 6.49. The minimum Gasteiger partial charge on any atom is -0.367 e. The topological polar surface area (TPSA) is 173 Å². The van der Waals surface area contributed by atoms with Crippen LogP contribution in [0.4, 0.5) is 5.69 Å². The van der Waals surface area contributed by atoms with E-state index in [2.05, 4.69) is 48.6 Å². The quantitative estimate of drug-likeness (QED) is 0.133. The van der Waals surface area contributed by atoms with Gasteiger partial charge in [0.05, 0.1) is 82.2 Å². The standard InChI is InChI=1S/C24H22ClN3O.C20H14BrClN2O.C20H15ClN2O.C12H10ClNO.4CH4/c1-17-6-4-9-20(24(17)25)21-13-23(29)22(27-10-2-3-11-27)16-28(21)15-19-8-5-7-18(12-19)14-26;1-13-4-2-7-16(20(13)22)18-9-19(25)17(21)12-24(18)11-15-6-3-5-14(8-15)10-23;1-14-4-2-7-18(20(14)21)19-11-17(24)8-9-23(19)13-16-6-3-5-15(10-16)12-22;1-8-3-2-4-10(12(8)13)11-7-9(15)5-6-14-11;;;;/h4-9,12-13,16H,2-3,10-11,15H2,1H3;2-9,12H,11H2,1H3;2-11H,13H2,1H3;2-7H,1H3,(H,14,15);4*1H4. The second kappa shape index (κ2) is 36.4. The lowest BCUT2D eigenvalue weighted by atomic mass is 10.1. The van der Waals surface area contributed by atoms with Gasteiger partial charge in [-0.05, 0) is 132 Å². The lowest BCUT2D eigenvalue weighted by Gasteiger charge is -2.22. The number of H-pyrrole nitrogens is 1. The van der Waals surface area contributed by atoms with Crippen LogP contribution in [0, 0.1) is 61.7 Å². The summed E-state index contributed by atoms with van der Waals surface area (Å²) in [4.78, 5) is 53.4. The van der Waals surface area contributed by atoms with E-state index in [4.69, 9.17) is 56.9 Å².